The van der Waals surface area contributed by atoms with Gasteiger partial charge in [0.15, 0.2) is 11.0 Å². The number of rotatable bonds is 4. The van der Waals surface area contributed by atoms with Crippen LogP contribution < -0.4 is 4.57 Å². The highest BCUT2D eigenvalue weighted by atomic mass is 15.2. The molecule has 0 fully saturated rings. The first-order valence-corrected chi connectivity index (χ1v) is 18.7. The average Bonchev–Trinajstić information content (AvgIpc) is 3.33. The molecule has 1 heterocycles. The molecule has 0 N–H and O–H groups in total. The number of para-hydroxylation sites is 3. The molecule has 2 heteroatoms. The fraction of sp³-hybridized carbons (Fsp3) is 0.367. The molecule has 51 heavy (non-hydrogen) atoms. The monoisotopic (exact) mass is 675 g/mol. The van der Waals surface area contributed by atoms with E-state index in [4.69, 9.17) is 0 Å². The summed E-state index contributed by atoms with van der Waals surface area (Å²) in [5.74, 6) is 1.18. The van der Waals surface area contributed by atoms with E-state index in [1.54, 1.807) is 0 Å². The molecule has 0 radical (unpaired) electrons. The van der Waals surface area contributed by atoms with Crippen LogP contribution in [0.3, 0.4) is 0 Å². The maximum Gasteiger partial charge on any atom is 0.264 e. The van der Waals surface area contributed by atoms with E-state index in [0.717, 1.165) is 0 Å². The first-order valence-electron chi connectivity index (χ1n) is 18.7. The molecule has 264 valence electrons. The summed E-state index contributed by atoms with van der Waals surface area (Å²) < 4.78 is 5.04. The van der Waals surface area contributed by atoms with Crippen molar-refractivity contribution in [2.24, 2.45) is 0 Å². The molecule has 1 aromatic heterocycles. The molecule has 0 aliphatic heterocycles. The first kappa shape index (κ1) is 36.4. The Hall–Kier alpha value is -4.43. The summed E-state index contributed by atoms with van der Waals surface area (Å²) in [6.07, 6.45) is 0. The fourth-order valence-electron chi connectivity index (χ4n) is 7.57. The fourth-order valence-corrected chi connectivity index (χ4v) is 7.57. The molecular formula is C49H59N2+. The van der Waals surface area contributed by atoms with Gasteiger partial charge in [0.25, 0.3) is 5.82 Å². The molecule has 0 unspecified atom stereocenters. The maximum absolute atomic E-state index is 2.52. The SMILES string of the molecule is Cc1c(-n2c(C)[n+](-c3c(-c4ccc(C(C)(C)C)cc4)cccc3-c3ccc(C(C)(C)C)cc3)c3ccccc32)cc(C(C)(C)C)cc1C(C)(C)C. The van der Waals surface area contributed by atoms with Crippen LogP contribution in [-0.2, 0) is 21.7 Å². The minimum absolute atomic E-state index is 0.00509. The number of nitrogens with zero attached hydrogens (tertiary/aromatic N) is 2. The van der Waals surface area contributed by atoms with Crippen LogP contribution in [-0.4, -0.2) is 4.57 Å². The minimum atomic E-state index is 0.00509. The van der Waals surface area contributed by atoms with Crippen LogP contribution in [0.5, 0.6) is 0 Å². The molecule has 0 aliphatic carbocycles. The summed E-state index contributed by atoms with van der Waals surface area (Å²) in [6, 6.07) is 39.1. The van der Waals surface area contributed by atoms with E-state index in [2.05, 4.69) is 209 Å². The topological polar surface area (TPSA) is 8.81 Å². The van der Waals surface area contributed by atoms with Gasteiger partial charge >= 0.3 is 0 Å². The van der Waals surface area contributed by atoms with E-state index < -0.39 is 0 Å². The molecule has 6 rings (SSSR count). The summed E-state index contributed by atoms with van der Waals surface area (Å²) in [6.45, 7) is 32.3. The van der Waals surface area contributed by atoms with Crippen LogP contribution in [0.15, 0.2) is 103 Å². The minimum Gasteiger partial charge on any atom is -0.192 e. The lowest BCUT2D eigenvalue weighted by Gasteiger charge is -2.28. The molecule has 2 nitrogen and oxygen atoms in total. The highest BCUT2D eigenvalue weighted by molar-refractivity contribution is 5.85. The van der Waals surface area contributed by atoms with Crippen LogP contribution in [0.25, 0.3) is 44.7 Å². The molecule has 0 spiro atoms. The van der Waals surface area contributed by atoms with Crippen LogP contribution in [0.2, 0.25) is 0 Å². The van der Waals surface area contributed by atoms with Gasteiger partial charge in [0, 0.05) is 23.6 Å². The molecule has 6 aromatic rings. The Bertz CT molecular complexity index is 2140. The normalized spacial score (nSPS) is 12.9. The van der Waals surface area contributed by atoms with Crippen LogP contribution >= 0.6 is 0 Å². The highest BCUT2D eigenvalue weighted by Crippen LogP contribution is 2.39. The van der Waals surface area contributed by atoms with Gasteiger partial charge in [-0.15, -0.1) is 0 Å². The molecule has 0 saturated heterocycles. The zero-order chi connectivity index (χ0) is 37.3. The molecule has 0 saturated carbocycles. The van der Waals surface area contributed by atoms with Crippen molar-refractivity contribution in [2.45, 2.75) is 119 Å². The first-order chi connectivity index (χ1) is 23.7. The lowest BCUT2D eigenvalue weighted by Crippen LogP contribution is -2.35. The number of hydrogen-bond donors (Lipinski definition) is 0. The number of imidazole rings is 1. The van der Waals surface area contributed by atoms with Crippen molar-refractivity contribution in [2.75, 3.05) is 0 Å². The Labute approximate surface area is 308 Å². The number of benzene rings is 5. The lowest BCUT2D eigenvalue weighted by atomic mass is 9.78. The van der Waals surface area contributed by atoms with Crippen molar-refractivity contribution in [1.29, 1.82) is 0 Å². The van der Waals surface area contributed by atoms with Crippen molar-refractivity contribution in [1.82, 2.24) is 4.57 Å². The number of aromatic nitrogens is 2. The van der Waals surface area contributed by atoms with Gasteiger partial charge < -0.3 is 0 Å². The van der Waals surface area contributed by atoms with Crippen molar-refractivity contribution >= 4 is 11.0 Å². The largest absolute Gasteiger partial charge is 0.264 e. The van der Waals surface area contributed by atoms with Gasteiger partial charge in [-0.1, -0.05) is 168 Å². The van der Waals surface area contributed by atoms with Crippen molar-refractivity contribution in [3.8, 4) is 33.6 Å². The van der Waals surface area contributed by atoms with Crippen molar-refractivity contribution in [3.05, 3.63) is 137 Å². The summed E-state index contributed by atoms with van der Waals surface area (Å²) in [5.41, 5.74) is 16.7. The Balaban J connectivity index is 1.72. The van der Waals surface area contributed by atoms with Crippen LogP contribution in [0.4, 0.5) is 0 Å². The van der Waals surface area contributed by atoms with E-state index in [1.807, 2.05) is 0 Å². The summed E-state index contributed by atoms with van der Waals surface area (Å²) in [7, 11) is 0. The quantitative estimate of drug-likeness (QED) is 0.164. The van der Waals surface area contributed by atoms with E-state index in [9.17, 15) is 0 Å². The average molecular weight is 676 g/mol. The third-order valence-corrected chi connectivity index (χ3v) is 10.7. The van der Waals surface area contributed by atoms with Gasteiger partial charge in [-0.3, -0.25) is 0 Å². The number of hydrogen-bond acceptors (Lipinski definition) is 0. The number of fused-ring (bicyclic) bond motifs is 1. The second kappa shape index (κ2) is 12.7. The summed E-state index contributed by atoms with van der Waals surface area (Å²) in [4.78, 5) is 0. The van der Waals surface area contributed by atoms with E-state index in [1.165, 1.54) is 78.3 Å². The second-order valence-electron chi connectivity index (χ2n) is 18.7. The summed E-state index contributed by atoms with van der Waals surface area (Å²) >= 11 is 0. The Kier molecular flexibility index (Phi) is 9.02. The third-order valence-electron chi connectivity index (χ3n) is 10.7. The predicted molar refractivity (Wildman–Crippen MR) is 220 cm³/mol. The molecule has 0 bridgehead atoms. The van der Waals surface area contributed by atoms with Gasteiger partial charge in [-0.25, -0.2) is 0 Å². The van der Waals surface area contributed by atoms with Crippen LogP contribution in [0.1, 0.15) is 117 Å². The zero-order valence-electron chi connectivity index (χ0n) is 33.7. The second-order valence-corrected chi connectivity index (χ2v) is 18.7. The van der Waals surface area contributed by atoms with Gasteiger partial charge in [0.2, 0.25) is 0 Å². The van der Waals surface area contributed by atoms with Gasteiger partial charge in [-0.2, -0.15) is 9.13 Å². The lowest BCUT2D eigenvalue weighted by molar-refractivity contribution is -0.574. The van der Waals surface area contributed by atoms with Gasteiger partial charge in [0.1, 0.15) is 11.4 Å². The van der Waals surface area contributed by atoms with E-state index >= 15 is 0 Å². The van der Waals surface area contributed by atoms with Crippen molar-refractivity contribution in [3.63, 3.8) is 0 Å². The molecule has 0 amide bonds. The van der Waals surface area contributed by atoms with Crippen LogP contribution in [0, 0.1) is 13.8 Å². The molecule has 0 atom stereocenters. The Morgan fingerprint density at radius 1 is 0.471 bits per heavy atom. The van der Waals surface area contributed by atoms with E-state index in [0.29, 0.717) is 0 Å². The highest BCUT2D eigenvalue weighted by Gasteiger charge is 2.32. The Morgan fingerprint density at radius 2 is 0.941 bits per heavy atom. The third kappa shape index (κ3) is 6.83. The molecule has 0 aliphatic rings. The van der Waals surface area contributed by atoms with E-state index in [-0.39, 0.29) is 21.7 Å². The Morgan fingerprint density at radius 3 is 1.39 bits per heavy atom. The smallest absolute Gasteiger partial charge is 0.192 e. The summed E-state index contributed by atoms with van der Waals surface area (Å²) in [5, 5.41) is 0. The zero-order valence-corrected chi connectivity index (χ0v) is 33.7. The standard InChI is InChI=1S/C49H59N2/c1-32-41(49(12,13)14)30-38(48(9,10)11)31-44(32)50-33(2)51(43-21-16-15-20-42(43)50)45-39(34-22-26-36(27-23-34)46(3,4)5)18-17-19-40(45)35-24-28-37(29-25-35)47(6,7)8/h15-31H,1-14H3/q+1. The maximum atomic E-state index is 2.52. The predicted octanol–water partition coefficient (Wildman–Crippen LogP) is 13.0. The van der Waals surface area contributed by atoms with Gasteiger partial charge in [0.05, 0.1) is 0 Å². The molecule has 5 aromatic carbocycles. The van der Waals surface area contributed by atoms with Gasteiger partial charge in [-0.05, 0) is 80.2 Å². The molecular weight excluding hydrogens is 617 g/mol. The van der Waals surface area contributed by atoms with Crippen molar-refractivity contribution < 1.29 is 4.57 Å².